The predicted octanol–water partition coefficient (Wildman–Crippen LogP) is 3.31. The fraction of sp³-hybridized carbons (Fsp3) is 0.350. The summed E-state index contributed by atoms with van der Waals surface area (Å²) in [6.07, 6.45) is 0.836. The van der Waals surface area contributed by atoms with Crippen molar-refractivity contribution >= 4 is 11.6 Å². The third-order valence-electron chi connectivity index (χ3n) is 3.54. The first kappa shape index (κ1) is 20.5. The van der Waals surface area contributed by atoms with Gasteiger partial charge in [-0.2, -0.15) is 0 Å². The van der Waals surface area contributed by atoms with Crippen molar-refractivity contribution in [3.05, 3.63) is 54.3 Å². The average Bonchev–Trinajstić information content (AvgIpc) is 2.68. The molecule has 0 saturated heterocycles. The monoisotopic (exact) mass is 375 g/mol. The van der Waals surface area contributed by atoms with E-state index in [0.717, 1.165) is 17.9 Å². The standard InChI is InChI=1S/C20H26FN3O3/c1-22-20(23-10-13-27-18-8-3-6-16(21)14-18)24-17-7-4-9-19(15-17)26-12-5-11-25-2/h3-4,6-9,14-15H,5,10-13H2,1-2H3,(H2,22,23,24). The second kappa shape index (κ2) is 11.7. The number of aliphatic imine (C=N–C) groups is 1. The Morgan fingerprint density at radius 3 is 2.48 bits per heavy atom. The quantitative estimate of drug-likeness (QED) is 0.379. The topological polar surface area (TPSA) is 64.1 Å². The van der Waals surface area contributed by atoms with E-state index < -0.39 is 0 Å². The minimum absolute atomic E-state index is 0.317. The summed E-state index contributed by atoms with van der Waals surface area (Å²) in [4.78, 5) is 4.18. The number of anilines is 1. The summed E-state index contributed by atoms with van der Waals surface area (Å²) in [6, 6.07) is 13.7. The molecule has 0 fully saturated rings. The molecule has 0 aliphatic carbocycles. The van der Waals surface area contributed by atoms with Gasteiger partial charge >= 0.3 is 0 Å². The average molecular weight is 375 g/mol. The molecular weight excluding hydrogens is 349 g/mol. The van der Waals surface area contributed by atoms with Crippen LogP contribution in [0.3, 0.4) is 0 Å². The molecule has 2 aromatic rings. The first-order valence-electron chi connectivity index (χ1n) is 8.79. The molecule has 0 aromatic heterocycles. The van der Waals surface area contributed by atoms with E-state index in [0.29, 0.717) is 38.1 Å². The van der Waals surface area contributed by atoms with Crippen molar-refractivity contribution in [3.63, 3.8) is 0 Å². The van der Waals surface area contributed by atoms with Gasteiger partial charge in [-0.1, -0.05) is 12.1 Å². The fourth-order valence-electron chi connectivity index (χ4n) is 2.27. The van der Waals surface area contributed by atoms with Gasteiger partial charge in [-0.05, 0) is 24.3 Å². The summed E-state index contributed by atoms with van der Waals surface area (Å²) >= 11 is 0. The summed E-state index contributed by atoms with van der Waals surface area (Å²) in [6.45, 7) is 2.17. The number of benzene rings is 2. The molecule has 27 heavy (non-hydrogen) atoms. The van der Waals surface area contributed by atoms with Crippen LogP contribution >= 0.6 is 0 Å². The molecule has 0 saturated carbocycles. The lowest BCUT2D eigenvalue weighted by Gasteiger charge is -2.13. The Morgan fingerprint density at radius 1 is 1.00 bits per heavy atom. The van der Waals surface area contributed by atoms with Crippen molar-refractivity contribution in [1.82, 2.24) is 5.32 Å². The van der Waals surface area contributed by atoms with Gasteiger partial charge in [-0.25, -0.2) is 4.39 Å². The molecule has 0 amide bonds. The van der Waals surface area contributed by atoms with Crippen molar-refractivity contribution < 1.29 is 18.6 Å². The molecule has 0 bridgehead atoms. The van der Waals surface area contributed by atoms with Crippen LogP contribution in [-0.4, -0.2) is 46.5 Å². The Kier molecular flexibility index (Phi) is 8.92. The Bertz CT molecular complexity index is 725. The van der Waals surface area contributed by atoms with Gasteiger partial charge in [0, 0.05) is 45.0 Å². The molecule has 2 rings (SSSR count). The molecule has 146 valence electrons. The van der Waals surface area contributed by atoms with Gasteiger partial charge in [0.05, 0.1) is 13.2 Å². The molecule has 6 nitrogen and oxygen atoms in total. The van der Waals surface area contributed by atoms with Crippen LogP contribution in [0.1, 0.15) is 6.42 Å². The van der Waals surface area contributed by atoms with Gasteiger partial charge in [-0.15, -0.1) is 0 Å². The molecule has 0 atom stereocenters. The number of ether oxygens (including phenoxy) is 3. The fourth-order valence-corrected chi connectivity index (χ4v) is 2.27. The van der Waals surface area contributed by atoms with Crippen LogP contribution in [0.5, 0.6) is 11.5 Å². The van der Waals surface area contributed by atoms with Crippen molar-refractivity contribution in [2.24, 2.45) is 4.99 Å². The van der Waals surface area contributed by atoms with Crippen LogP contribution in [0, 0.1) is 5.82 Å². The molecule has 0 radical (unpaired) electrons. The smallest absolute Gasteiger partial charge is 0.195 e. The number of rotatable bonds is 10. The summed E-state index contributed by atoms with van der Waals surface area (Å²) in [5.41, 5.74) is 0.860. The van der Waals surface area contributed by atoms with Crippen molar-refractivity contribution in [2.45, 2.75) is 6.42 Å². The van der Waals surface area contributed by atoms with Crippen LogP contribution < -0.4 is 20.1 Å². The third-order valence-corrected chi connectivity index (χ3v) is 3.54. The molecule has 2 aromatic carbocycles. The lowest BCUT2D eigenvalue weighted by molar-refractivity contribution is 0.172. The first-order chi connectivity index (χ1) is 13.2. The van der Waals surface area contributed by atoms with Crippen molar-refractivity contribution in [1.29, 1.82) is 0 Å². The summed E-state index contributed by atoms with van der Waals surface area (Å²) in [5, 5.41) is 6.34. The molecule has 0 heterocycles. The summed E-state index contributed by atoms with van der Waals surface area (Å²) in [7, 11) is 3.36. The SMILES string of the molecule is CN=C(NCCOc1cccc(F)c1)Nc1cccc(OCCCOC)c1. The van der Waals surface area contributed by atoms with Crippen LogP contribution in [0.4, 0.5) is 10.1 Å². The van der Waals surface area contributed by atoms with Gasteiger partial charge in [-0.3, -0.25) is 4.99 Å². The Balaban J connectivity index is 1.75. The molecule has 0 spiro atoms. The second-order valence-electron chi connectivity index (χ2n) is 5.65. The lowest BCUT2D eigenvalue weighted by atomic mass is 10.3. The zero-order valence-corrected chi connectivity index (χ0v) is 15.7. The third kappa shape index (κ3) is 7.96. The minimum atomic E-state index is -0.317. The van der Waals surface area contributed by atoms with E-state index in [9.17, 15) is 4.39 Å². The van der Waals surface area contributed by atoms with E-state index in [1.807, 2.05) is 24.3 Å². The zero-order valence-electron chi connectivity index (χ0n) is 15.7. The second-order valence-corrected chi connectivity index (χ2v) is 5.65. The van der Waals surface area contributed by atoms with Gasteiger partial charge < -0.3 is 24.8 Å². The number of nitrogens with one attached hydrogen (secondary N) is 2. The van der Waals surface area contributed by atoms with Crippen LogP contribution in [0.2, 0.25) is 0 Å². The van der Waals surface area contributed by atoms with Gasteiger partial charge in [0.15, 0.2) is 5.96 Å². The normalized spacial score (nSPS) is 11.1. The van der Waals surface area contributed by atoms with E-state index >= 15 is 0 Å². The largest absolute Gasteiger partial charge is 0.493 e. The number of guanidine groups is 1. The van der Waals surface area contributed by atoms with Gasteiger partial charge in [0.1, 0.15) is 23.9 Å². The first-order valence-corrected chi connectivity index (χ1v) is 8.79. The van der Waals surface area contributed by atoms with Crippen LogP contribution in [0.25, 0.3) is 0 Å². The maximum atomic E-state index is 13.1. The summed E-state index contributed by atoms with van der Waals surface area (Å²) < 4.78 is 29.3. The van der Waals surface area contributed by atoms with E-state index in [4.69, 9.17) is 14.2 Å². The predicted molar refractivity (Wildman–Crippen MR) is 105 cm³/mol. The highest BCUT2D eigenvalue weighted by Gasteiger charge is 2.02. The highest BCUT2D eigenvalue weighted by molar-refractivity contribution is 5.93. The zero-order chi connectivity index (χ0) is 19.3. The van der Waals surface area contributed by atoms with Crippen molar-refractivity contribution in [2.75, 3.05) is 45.8 Å². The van der Waals surface area contributed by atoms with Gasteiger partial charge in [0.25, 0.3) is 0 Å². The van der Waals surface area contributed by atoms with E-state index in [-0.39, 0.29) is 5.82 Å². The van der Waals surface area contributed by atoms with Crippen molar-refractivity contribution in [3.8, 4) is 11.5 Å². The number of hydrogen-bond donors (Lipinski definition) is 2. The maximum Gasteiger partial charge on any atom is 0.195 e. The Morgan fingerprint density at radius 2 is 1.74 bits per heavy atom. The van der Waals surface area contributed by atoms with E-state index in [1.165, 1.54) is 12.1 Å². The van der Waals surface area contributed by atoms with Crippen LogP contribution in [-0.2, 0) is 4.74 Å². The Labute approximate surface area is 159 Å². The van der Waals surface area contributed by atoms with E-state index in [1.54, 1.807) is 26.3 Å². The molecule has 0 unspecified atom stereocenters. The molecular formula is C20H26FN3O3. The molecule has 7 heteroatoms. The van der Waals surface area contributed by atoms with E-state index in [2.05, 4.69) is 15.6 Å². The lowest BCUT2D eigenvalue weighted by Crippen LogP contribution is -2.33. The maximum absolute atomic E-state index is 13.1. The molecule has 0 aliphatic heterocycles. The number of hydrogen-bond acceptors (Lipinski definition) is 4. The minimum Gasteiger partial charge on any atom is -0.493 e. The van der Waals surface area contributed by atoms with Gasteiger partial charge in [0.2, 0.25) is 0 Å². The molecule has 2 N–H and O–H groups in total. The van der Waals surface area contributed by atoms with Crippen LogP contribution in [0.15, 0.2) is 53.5 Å². The number of halogens is 1. The molecule has 0 aliphatic rings. The Hall–Kier alpha value is -2.80. The summed E-state index contributed by atoms with van der Waals surface area (Å²) in [5.74, 6) is 1.57. The number of methoxy groups -OCH3 is 1. The highest BCUT2D eigenvalue weighted by Crippen LogP contribution is 2.17. The number of nitrogens with zero attached hydrogens (tertiary/aromatic N) is 1. The highest BCUT2D eigenvalue weighted by atomic mass is 19.1.